The molecule has 6 nitrogen and oxygen atoms in total. The second-order valence-electron chi connectivity index (χ2n) is 7.32. The predicted molar refractivity (Wildman–Crippen MR) is 119 cm³/mol. The maximum Gasteiger partial charge on any atom is 0.267 e. The number of carbonyl (C=O) groups excluding carboxylic acids is 1. The van der Waals surface area contributed by atoms with Crippen molar-refractivity contribution in [1.82, 2.24) is 5.32 Å². The molecule has 0 radical (unpaired) electrons. The second-order valence-corrected chi connectivity index (χ2v) is 7.32. The molecule has 1 amide bonds. The van der Waals surface area contributed by atoms with E-state index in [4.69, 9.17) is 9.47 Å². The zero-order valence-corrected chi connectivity index (χ0v) is 18.4. The highest BCUT2D eigenvalue weighted by Gasteiger charge is 2.16. The van der Waals surface area contributed by atoms with Crippen LogP contribution in [0.5, 0.6) is 11.5 Å². The van der Waals surface area contributed by atoms with Gasteiger partial charge in [-0.15, -0.1) is 0 Å². The van der Waals surface area contributed by atoms with Gasteiger partial charge in [-0.25, -0.2) is 0 Å². The first-order chi connectivity index (χ1) is 14.3. The number of nitrogens with zero attached hydrogens (tertiary/aromatic N) is 1. The normalized spacial score (nSPS) is 12.1. The molecule has 0 heterocycles. The standard InChI is InChI=1S/C24H29N3O3/c1-15(2)20-9-7-8-16(3)23(20)27-24(28)19(13-25)14-26-17(4)18-10-11-21(29-5)22(12-18)30-6/h7-12,14-15,17,26H,1-6H3,(H,27,28)/b19-14-. The average Bonchev–Trinajstić information content (AvgIpc) is 2.74. The lowest BCUT2D eigenvalue weighted by atomic mass is 9.98. The lowest BCUT2D eigenvalue weighted by Crippen LogP contribution is -2.20. The first kappa shape index (κ1) is 22.8. The Kier molecular flexibility index (Phi) is 7.88. The van der Waals surface area contributed by atoms with E-state index >= 15 is 0 Å². The van der Waals surface area contributed by atoms with Gasteiger partial charge < -0.3 is 20.1 Å². The van der Waals surface area contributed by atoms with Gasteiger partial charge in [-0.05, 0) is 48.6 Å². The summed E-state index contributed by atoms with van der Waals surface area (Å²) in [5.74, 6) is 1.06. The number of para-hydroxylation sites is 1. The van der Waals surface area contributed by atoms with Gasteiger partial charge in [-0.1, -0.05) is 38.1 Å². The van der Waals surface area contributed by atoms with Crippen molar-refractivity contribution in [3.8, 4) is 17.6 Å². The van der Waals surface area contributed by atoms with Crippen molar-refractivity contribution in [3.05, 3.63) is 64.9 Å². The number of methoxy groups -OCH3 is 2. The van der Waals surface area contributed by atoms with Crippen LogP contribution in [0, 0.1) is 18.3 Å². The Balaban J connectivity index is 2.18. The molecule has 2 rings (SSSR count). The summed E-state index contributed by atoms with van der Waals surface area (Å²) in [6.45, 7) is 8.01. The SMILES string of the molecule is COc1ccc(C(C)N/C=C(/C#N)C(=O)Nc2c(C)cccc2C(C)C)cc1OC. The highest BCUT2D eigenvalue weighted by molar-refractivity contribution is 6.07. The molecule has 0 aliphatic carbocycles. The predicted octanol–water partition coefficient (Wildman–Crippen LogP) is 4.83. The van der Waals surface area contributed by atoms with Crippen molar-refractivity contribution in [2.75, 3.05) is 19.5 Å². The molecular weight excluding hydrogens is 378 g/mol. The Labute approximate surface area is 178 Å². The maximum atomic E-state index is 12.7. The number of hydrogen-bond donors (Lipinski definition) is 2. The molecule has 2 N–H and O–H groups in total. The largest absolute Gasteiger partial charge is 0.493 e. The third-order valence-corrected chi connectivity index (χ3v) is 4.92. The Morgan fingerprint density at radius 3 is 2.40 bits per heavy atom. The van der Waals surface area contributed by atoms with Crippen LogP contribution in [0.2, 0.25) is 0 Å². The number of benzene rings is 2. The molecular formula is C24H29N3O3. The van der Waals surface area contributed by atoms with E-state index in [9.17, 15) is 10.1 Å². The molecule has 0 bridgehead atoms. The Morgan fingerprint density at radius 2 is 1.80 bits per heavy atom. The van der Waals surface area contributed by atoms with Gasteiger partial charge in [0.15, 0.2) is 11.5 Å². The fraction of sp³-hybridized carbons (Fsp3) is 0.333. The van der Waals surface area contributed by atoms with Gasteiger partial charge in [-0.2, -0.15) is 5.26 Å². The molecule has 2 aromatic carbocycles. The average molecular weight is 408 g/mol. The van der Waals surface area contributed by atoms with Crippen LogP contribution in [-0.4, -0.2) is 20.1 Å². The van der Waals surface area contributed by atoms with Gasteiger partial charge in [0.05, 0.1) is 14.2 Å². The quantitative estimate of drug-likeness (QED) is 0.484. The Bertz CT molecular complexity index is 974. The lowest BCUT2D eigenvalue weighted by Gasteiger charge is -2.17. The molecule has 6 heteroatoms. The van der Waals surface area contributed by atoms with Gasteiger partial charge in [0, 0.05) is 17.9 Å². The van der Waals surface area contributed by atoms with Crippen molar-refractivity contribution >= 4 is 11.6 Å². The highest BCUT2D eigenvalue weighted by atomic mass is 16.5. The fourth-order valence-electron chi connectivity index (χ4n) is 3.10. The summed E-state index contributed by atoms with van der Waals surface area (Å²) in [5, 5.41) is 15.5. The molecule has 1 atom stereocenters. The summed E-state index contributed by atoms with van der Waals surface area (Å²) in [7, 11) is 3.16. The molecule has 0 aromatic heterocycles. The van der Waals surface area contributed by atoms with E-state index in [1.807, 2.05) is 56.3 Å². The summed E-state index contributed by atoms with van der Waals surface area (Å²) in [6, 6.07) is 13.3. The molecule has 0 spiro atoms. The van der Waals surface area contributed by atoms with Crippen LogP contribution in [0.1, 0.15) is 49.4 Å². The topological polar surface area (TPSA) is 83.4 Å². The van der Waals surface area contributed by atoms with Gasteiger partial charge >= 0.3 is 0 Å². The number of ether oxygens (including phenoxy) is 2. The van der Waals surface area contributed by atoms with Crippen LogP contribution >= 0.6 is 0 Å². The van der Waals surface area contributed by atoms with Gasteiger partial charge in [-0.3, -0.25) is 4.79 Å². The minimum Gasteiger partial charge on any atom is -0.493 e. The minimum atomic E-state index is -0.444. The minimum absolute atomic E-state index is 0.000265. The molecule has 0 aliphatic heterocycles. The molecule has 1 unspecified atom stereocenters. The summed E-state index contributed by atoms with van der Waals surface area (Å²) < 4.78 is 10.6. The van der Waals surface area contributed by atoms with E-state index in [2.05, 4.69) is 24.5 Å². The first-order valence-electron chi connectivity index (χ1n) is 9.81. The Morgan fingerprint density at radius 1 is 1.10 bits per heavy atom. The van der Waals surface area contributed by atoms with E-state index in [1.54, 1.807) is 14.2 Å². The molecule has 158 valence electrons. The van der Waals surface area contributed by atoms with Crippen LogP contribution < -0.4 is 20.1 Å². The number of anilines is 1. The van der Waals surface area contributed by atoms with E-state index in [1.165, 1.54) is 6.20 Å². The van der Waals surface area contributed by atoms with Crippen molar-refractivity contribution in [2.24, 2.45) is 0 Å². The van der Waals surface area contributed by atoms with Crippen LogP contribution in [0.4, 0.5) is 5.69 Å². The van der Waals surface area contributed by atoms with Gasteiger partial charge in [0.2, 0.25) is 0 Å². The van der Waals surface area contributed by atoms with Crippen molar-refractivity contribution in [1.29, 1.82) is 5.26 Å². The molecule has 0 fully saturated rings. The third kappa shape index (κ3) is 5.32. The Hall–Kier alpha value is -3.46. The number of rotatable bonds is 8. The molecule has 30 heavy (non-hydrogen) atoms. The number of carbonyl (C=O) groups is 1. The van der Waals surface area contributed by atoms with Crippen molar-refractivity contribution in [3.63, 3.8) is 0 Å². The summed E-state index contributed by atoms with van der Waals surface area (Å²) >= 11 is 0. The van der Waals surface area contributed by atoms with E-state index in [0.29, 0.717) is 11.5 Å². The summed E-state index contributed by atoms with van der Waals surface area (Å²) in [4.78, 5) is 12.7. The second kappa shape index (κ2) is 10.4. The fourth-order valence-corrected chi connectivity index (χ4v) is 3.10. The molecule has 0 saturated carbocycles. The third-order valence-electron chi connectivity index (χ3n) is 4.92. The molecule has 0 aliphatic rings. The number of nitriles is 1. The van der Waals surface area contributed by atoms with E-state index < -0.39 is 5.91 Å². The zero-order chi connectivity index (χ0) is 22.3. The lowest BCUT2D eigenvalue weighted by molar-refractivity contribution is -0.112. The van der Waals surface area contributed by atoms with Crippen LogP contribution in [-0.2, 0) is 4.79 Å². The number of hydrogen-bond acceptors (Lipinski definition) is 5. The summed E-state index contributed by atoms with van der Waals surface area (Å²) in [5.41, 5.74) is 3.68. The van der Waals surface area contributed by atoms with Gasteiger partial charge in [0.25, 0.3) is 5.91 Å². The number of amides is 1. The zero-order valence-electron chi connectivity index (χ0n) is 18.4. The van der Waals surface area contributed by atoms with E-state index in [0.717, 1.165) is 22.4 Å². The molecule has 2 aromatic rings. The smallest absolute Gasteiger partial charge is 0.267 e. The van der Waals surface area contributed by atoms with Gasteiger partial charge in [0.1, 0.15) is 11.6 Å². The molecule has 0 saturated heterocycles. The van der Waals surface area contributed by atoms with E-state index in [-0.39, 0.29) is 17.5 Å². The number of nitrogens with one attached hydrogen (secondary N) is 2. The van der Waals surface area contributed by atoms with Crippen molar-refractivity contribution < 1.29 is 14.3 Å². The monoisotopic (exact) mass is 407 g/mol. The highest BCUT2D eigenvalue weighted by Crippen LogP contribution is 2.30. The number of aryl methyl sites for hydroxylation is 1. The van der Waals surface area contributed by atoms with Crippen LogP contribution in [0.25, 0.3) is 0 Å². The summed E-state index contributed by atoms with van der Waals surface area (Å²) in [6.07, 6.45) is 1.45. The first-order valence-corrected chi connectivity index (χ1v) is 9.81. The van der Waals surface area contributed by atoms with Crippen molar-refractivity contribution in [2.45, 2.75) is 39.7 Å². The van der Waals surface area contributed by atoms with Crippen LogP contribution in [0.3, 0.4) is 0 Å². The maximum absolute atomic E-state index is 12.7. The van der Waals surface area contributed by atoms with Crippen LogP contribution in [0.15, 0.2) is 48.2 Å².